The van der Waals surface area contributed by atoms with Gasteiger partial charge in [-0.2, -0.15) is 26.3 Å². The Hall–Kier alpha value is -2.37. The molecule has 0 aromatic carbocycles. The van der Waals surface area contributed by atoms with E-state index >= 15 is 0 Å². The SMILES string of the molecule is CC1=C(C)C(=O)N(CC(F)(F)F)C1=O.CC1=C(C)C(O)N(CC(F)(F)F)C1=O. The number of hydrogen-bond donors (Lipinski definition) is 1. The quantitative estimate of drug-likeness (QED) is 0.554. The van der Waals surface area contributed by atoms with E-state index in [1.165, 1.54) is 27.7 Å². The average molecular weight is 416 g/mol. The molecule has 12 heteroatoms. The van der Waals surface area contributed by atoms with Crippen LogP contribution in [0.2, 0.25) is 0 Å². The van der Waals surface area contributed by atoms with Crippen molar-refractivity contribution in [3.8, 4) is 0 Å². The smallest absolute Gasteiger partial charge is 0.369 e. The molecular weight excluding hydrogens is 398 g/mol. The molecule has 2 aliphatic heterocycles. The van der Waals surface area contributed by atoms with Crippen LogP contribution in [0, 0.1) is 0 Å². The van der Waals surface area contributed by atoms with Crippen molar-refractivity contribution in [2.75, 3.05) is 13.1 Å². The van der Waals surface area contributed by atoms with Crippen molar-refractivity contribution in [1.82, 2.24) is 9.80 Å². The summed E-state index contributed by atoms with van der Waals surface area (Å²) in [7, 11) is 0. The second kappa shape index (κ2) is 7.94. The number of halogens is 6. The summed E-state index contributed by atoms with van der Waals surface area (Å²) in [4.78, 5) is 34.1. The highest BCUT2D eigenvalue weighted by Gasteiger charge is 2.42. The van der Waals surface area contributed by atoms with Gasteiger partial charge in [0.2, 0.25) is 0 Å². The van der Waals surface area contributed by atoms with Gasteiger partial charge in [0, 0.05) is 16.7 Å². The third kappa shape index (κ3) is 5.33. The van der Waals surface area contributed by atoms with E-state index in [4.69, 9.17) is 0 Å². The fraction of sp³-hybridized carbons (Fsp3) is 0.562. The molecule has 3 amide bonds. The van der Waals surface area contributed by atoms with Gasteiger partial charge in [-0.05, 0) is 33.3 Å². The van der Waals surface area contributed by atoms with Crippen LogP contribution in [0.5, 0.6) is 0 Å². The lowest BCUT2D eigenvalue weighted by Crippen LogP contribution is -2.42. The first-order chi connectivity index (χ1) is 12.5. The van der Waals surface area contributed by atoms with Gasteiger partial charge in [0.15, 0.2) is 6.23 Å². The highest BCUT2D eigenvalue weighted by atomic mass is 19.4. The molecule has 1 unspecified atom stereocenters. The van der Waals surface area contributed by atoms with E-state index in [2.05, 4.69) is 0 Å². The fourth-order valence-corrected chi connectivity index (χ4v) is 2.41. The molecule has 158 valence electrons. The van der Waals surface area contributed by atoms with Gasteiger partial charge in [0.1, 0.15) is 13.1 Å². The van der Waals surface area contributed by atoms with Crippen LogP contribution < -0.4 is 0 Å². The van der Waals surface area contributed by atoms with Crippen LogP contribution in [-0.4, -0.2) is 64.3 Å². The maximum atomic E-state index is 12.0. The summed E-state index contributed by atoms with van der Waals surface area (Å²) in [6, 6.07) is 0. The zero-order chi connectivity index (χ0) is 22.2. The minimum atomic E-state index is -4.55. The van der Waals surface area contributed by atoms with Crippen LogP contribution in [0.15, 0.2) is 22.3 Å². The first-order valence-electron chi connectivity index (χ1n) is 7.81. The van der Waals surface area contributed by atoms with E-state index in [0.717, 1.165) is 0 Å². The summed E-state index contributed by atoms with van der Waals surface area (Å²) >= 11 is 0. The summed E-state index contributed by atoms with van der Waals surface area (Å²) in [5, 5.41) is 9.31. The molecule has 0 bridgehead atoms. The van der Waals surface area contributed by atoms with E-state index in [9.17, 15) is 45.8 Å². The Bertz CT molecular complexity index is 727. The van der Waals surface area contributed by atoms with E-state index in [1.807, 2.05) is 0 Å². The van der Waals surface area contributed by atoms with Crippen molar-refractivity contribution in [2.45, 2.75) is 46.3 Å². The van der Waals surface area contributed by atoms with Gasteiger partial charge >= 0.3 is 12.4 Å². The van der Waals surface area contributed by atoms with Crippen molar-refractivity contribution in [3.63, 3.8) is 0 Å². The lowest BCUT2D eigenvalue weighted by atomic mass is 10.2. The molecular formula is C16H18F6N2O4. The molecule has 0 aliphatic carbocycles. The number of amides is 3. The minimum Gasteiger partial charge on any atom is -0.369 e. The monoisotopic (exact) mass is 416 g/mol. The third-order valence-electron chi connectivity index (χ3n) is 4.24. The Morgan fingerprint density at radius 3 is 1.43 bits per heavy atom. The molecule has 28 heavy (non-hydrogen) atoms. The van der Waals surface area contributed by atoms with Crippen molar-refractivity contribution >= 4 is 17.7 Å². The van der Waals surface area contributed by atoms with Crippen molar-refractivity contribution < 1.29 is 45.8 Å². The lowest BCUT2D eigenvalue weighted by Gasteiger charge is -2.23. The Morgan fingerprint density at radius 1 is 0.750 bits per heavy atom. The number of alkyl halides is 6. The van der Waals surface area contributed by atoms with E-state index < -0.39 is 49.4 Å². The maximum Gasteiger partial charge on any atom is 0.406 e. The zero-order valence-electron chi connectivity index (χ0n) is 15.3. The van der Waals surface area contributed by atoms with Crippen molar-refractivity contribution in [2.24, 2.45) is 0 Å². The first-order valence-corrected chi connectivity index (χ1v) is 7.81. The predicted octanol–water partition coefficient (Wildman–Crippen LogP) is 2.30. The van der Waals surface area contributed by atoms with Gasteiger partial charge in [-0.1, -0.05) is 0 Å². The van der Waals surface area contributed by atoms with Crippen molar-refractivity contribution in [1.29, 1.82) is 0 Å². The summed E-state index contributed by atoms with van der Waals surface area (Å²) in [6.45, 7) is 2.59. The minimum absolute atomic E-state index is 0.0826. The Labute approximate surface area is 156 Å². The Morgan fingerprint density at radius 2 is 1.14 bits per heavy atom. The maximum absolute atomic E-state index is 12.0. The molecule has 1 N–H and O–H groups in total. The second-order valence-electron chi connectivity index (χ2n) is 6.29. The first kappa shape index (κ1) is 23.7. The molecule has 6 nitrogen and oxygen atoms in total. The molecule has 0 aromatic rings. The van der Waals surface area contributed by atoms with Crippen LogP contribution in [0.1, 0.15) is 27.7 Å². The number of hydrogen-bond acceptors (Lipinski definition) is 4. The normalized spacial score (nSPS) is 21.1. The zero-order valence-corrected chi connectivity index (χ0v) is 15.3. The van der Waals surface area contributed by atoms with Crippen LogP contribution in [0.3, 0.4) is 0 Å². The molecule has 0 aromatic heterocycles. The third-order valence-corrected chi connectivity index (χ3v) is 4.24. The standard InChI is InChI=1S/C8H10F3NO2.C8H8F3NO2/c2*1-4-5(2)7(14)12(6(4)13)3-8(9,10)11/h6,13H,3H2,1-2H3;3H2,1-2H3. The second-order valence-corrected chi connectivity index (χ2v) is 6.29. The summed E-state index contributed by atoms with van der Waals surface area (Å²) in [6.07, 6.45) is -10.5. The summed E-state index contributed by atoms with van der Waals surface area (Å²) in [5.41, 5.74) is 0.625. The van der Waals surface area contributed by atoms with E-state index in [0.29, 0.717) is 4.90 Å². The molecule has 1 atom stereocenters. The summed E-state index contributed by atoms with van der Waals surface area (Å²) in [5.74, 6) is -2.47. The van der Waals surface area contributed by atoms with Gasteiger partial charge in [-0.25, -0.2) is 0 Å². The summed E-state index contributed by atoms with van der Waals surface area (Å²) < 4.78 is 71.8. The molecule has 0 fully saturated rings. The van der Waals surface area contributed by atoms with Crippen LogP contribution in [0.4, 0.5) is 26.3 Å². The highest BCUT2D eigenvalue weighted by molar-refractivity contribution is 6.18. The predicted molar refractivity (Wildman–Crippen MR) is 83.3 cm³/mol. The number of imide groups is 1. The van der Waals surface area contributed by atoms with Crippen LogP contribution in [0.25, 0.3) is 0 Å². The average Bonchev–Trinajstić information content (AvgIpc) is 2.83. The van der Waals surface area contributed by atoms with Crippen LogP contribution in [-0.2, 0) is 14.4 Å². The fourth-order valence-electron chi connectivity index (χ4n) is 2.41. The lowest BCUT2D eigenvalue weighted by molar-refractivity contribution is -0.169. The number of carbonyl (C=O) groups is 3. The molecule has 0 spiro atoms. The number of aliphatic hydroxyl groups excluding tert-OH is 1. The molecule has 2 rings (SSSR count). The van der Waals surface area contributed by atoms with E-state index in [1.54, 1.807) is 0 Å². The van der Waals surface area contributed by atoms with Gasteiger partial charge in [0.05, 0.1) is 0 Å². The van der Waals surface area contributed by atoms with Crippen molar-refractivity contribution in [3.05, 3.63) is 22.3 Å². The van der Waals surface area contributed by atoms with Gasteiger partial charge in [0.25, 0.3) is 17.7 Å². The Balaban J connectivity index is 0.000000280. The number of nitrogens with zero attached hydrogens (tertiary/aromatic N) is 2. The molecule has 0 saturated carbocycles. The molecule has 2 heterocycles. The number of rotatable bonds is 2. The van der Waals surface area contributed by atoms with Gasteiger partial charge in [-0.15, -0.1) is 0 Å². The number of carbonyl (C=O) groups excluding carboxylic acids is 3. The topological polar surface area (TPSA) is 77.9 Å². The van der Waals surface area contributed by atoms with Gasteiger partial charge in [-0.3, -0.25) is 19.3 Å². The largest absolute Gasteiger partial charge is 0.406 e. The molecule has 2 aliphatic rings. The highest BCUT2D eigenvalue weighted by Crippen LogP contribution is 2.27. The molecule has 0 saturated heterocycles. The number of aliphatic hydroxyl groups is 1. The molecule has 0 radical (unpaired) electrons. The van der Waals surface area contributed by atoms with E-state index in [-0.39, 0.29) is 27.2 Å². The Kier molecular flexibility index (Phi) is 6.71. The van der Waals surface area contributed by atoms with Gasteiger partial charge < -0.3 is 10.0 Å². The van der Waals surface area contributed by atoms with Crippen LogP contribution >= 0.6 is 0 Å².